The molecule has 33 heavy (non-hydrogen) atoms. The lowest BCUT2D eigenvalue weighted by Gasteiger charge is -2.09. The maximum absolute atomic E-state index is 12.6. The number of pyridine rings is 1. The lowest BCUT2D eigenvalue weighted by atomic mass is 10.1. The number of anilines is 2. The van der Waals surface area contributed by atoms with Gasteiger partial charge in [0, 0.05) is 29.8 Å². The third-order valence-electron chi connectivity index (χ3n) is 5.59. The Hall–Kier alpha value is -4.45. The second kappa shape index (κ2) is 8.96. The van der Waals surface area contributed by atoms with Gasteiger partial charge in [-0.15, -0.1) is 0 Å². The number of nitrogens with one attached hydrogen (secondary N) is 1. The van der Waals surface area contributed by atoms with Crippen molar-refractivity contribution in [2.75, 3.05) is 11.1 Å². The summed E-state index contributed by atoms with van der Waals surface area (Å²) < 4.78 is 2.01. The minimum atomic E-state index is -0.192. The van der Waals surface area contributed by atoms with Crippen molar-refractivity contribution in [1.29, 1.82) is 0 Å². The predicted octanol–water partition coefficient (Wildman–Crippen LogP) is 4.90. The first-order valence-electron chi connectivity index (χ1n) is 10.8. The number of rotatable bonds is 6. The molecule has 0 spiro atoms. The lowest BCUT2D eigenvalue weighted by Crippen LogP contribution is -2.13. The van der Waals surface area contributed by atoms with Crippen LogP contribution in [-0.2, 0) is 13.0 Å². The van der Waals surface area contributed by atoms with Gasteiger partial charge in [-0.2, -0.15) is 5.10 Å². The van der Waals surface area contributed by atoms with Crippen LogP contribution in [0.1, 0.15) is 27.2 Å². The van der Waals surface area contributed by atoms with Crippen molar-refractivity contribution in [2.24, 2.45) is 0 Å². The van der Waals surface area contributed by atoms with Crippen LogP contribution in [0.2, 0.25) is 0 Å². The number of benzene rings is 3. The fourth-order valence-corrected chi connectivity index (χ4v) is 3.88. The standard InChI is InChI=1S/C27H23N5O/c28-23-8-2-3-9-24(23)30-27(33)21-13-11-19(12-14-21)18-32-26-10-4-1-7-22(26)25(31-32)16-20-6-5-15-29-17-20/h1-15,17H,16,18,28H2,(H,30,33). The van der Waals surface area contributed by atoms with E-state index in [-0.39, 0.29) is 5.91 Å². The number of carbonyl (C=O) groups excluding carboxylic acids is 1. The normalized spacial score (nSPS) is 10.9. The summed E-state index contributed by atoms with van der Waals surface area (Å²) in [6.45, 7) is 0.612. The zero-order valence-electron chi connectivity index (χ0n) is 18.0. The number of hydrogen-bond acceptors (Lipinski definition) is 4. The average Bonchev–Trinajstić information content (AvgIpc) is 3.18. The maximum atomic E-state index is 12.6. The van der Waals surface area contributed by atoms with Crippen LogP contribution in [0.4, 0.5) is 11.4 Å². The third-order valence-corrected chi connectivity index (χ3v) is 5.59. The third kappa shape index (κ3) is 4.45. The minimum absolute atomic E-state index is 0.192. The molecule has 3 aromatic carbocycles. The number of aromatic nitrogens is 3. The second-order valence-corrected chi connectivity index (χ2v) is 7.90. The molecule has 0 aliphatic rings. The first-order valence-corrected chi connectivity index (χ1v) is 10.8. The summed E-state index contributed by atoms with van der Waals surface area (Å²) in [7, 11) is 0. The van der Waals surface area contributed by atoms with Gasteiger partial charge in [-0.05, 0) is 47.5 Å². The van der Waals surface area contributed by atoms with Gasteiger partial charge in [0.25, 0.3) is 5.91 Å². The van der Waals surface area contributed by atoms with E-state index in [1.807, 2.05) is 65.5 Å². The fraction of sp³-hybridized carbons (Fsp3) is 0.0741. The molecule has 6 nitrogen and oxygen atoms in total. The Kier molecular flexibility index (Phi) is 5.55. The van der Waals surface area contributed by atoms with Crippen molar-refractivity contribution in [1.82, 2.24) is 14.8 Å². The SMILES string of the molecule is Nc1ccccc1NC(=O)c1ccc(Cn2nc(Cc3cccnc3)c3ccccc32)cc1. The maximum Gasteiger partial charge on any atom is 0.255 e. The molecule has 0 radical (unpaired) electrons. The molecule has 0 aliphatic carbocycles. The molecular weight excluding hydrogens is 410 g/mol. The van der Waals surface area contributed by atoms with Gasteiger partial charge in [0.15, 0.2) is 0 Å². The highest BCUT2D eigenvalue weighted by Crippen LogP contribution is 2.22. The van der Waals surface area contributed by atoms with E-state index in [1.54, 1.807) is 18.3 Å². The molecule has 0 atom stereocenters. The monoisotopic (exact) mass is 433 g/mol. The first kappa shape index (κ1) is 20.5. The summed E-state index contributed by atoms with van der Waals surface area (Å²) in [6, 6.07) is 27.0. The number of carbonyl (C=O) groups is 1. The highest BCUT2D eigenvalue weighted by atomic mass is 16.1. The van der Waals surface area contributed by atoms with E-state index in [4.69, 9.17) is 10.8 Å². The molecule has 3 N–H and O–H groups in total. The molecule has 0 unspecified atom stereocenters. The average molecular weight is 434 g/mol. The molecule has 162 valence electrons. The number of nitrogen functional groups attached to an aromatic ring is 1. The van der Waals surface area contributed by atoms with Crippen LogP contribution in [0.3, 0.4) is 0 Å². The number of fused-ring (bicyclic) bond motifs is 1. The van der Waals surface area contributed by atoms with Gasteiger partial charge in [-0.3, -0.25) is 14.5 Å². The lowest BCUT2D eigenvalue weighted by molar-refractivity contribution is 0.102. The quantitative estimate of drug-likeness (QED) is 0.373. The number of nitrogens with zero attached hydrogens (tertiary/aromatic N) is 3. The largest absolute Gasteiger partial charge is 0.397 e. The molecule has 5 aromatic rings. The van der Waals surface area contributed by atoms with Crippen molar-refractivity contribution in [2.45, 2.75) is 13.0 Å². The summed E-state index contributed by atoms with van der Waals surface area (Å²) in [4.78, 5) is 16.8. The van der Waals surface area contributed by atoms with Crippen molar-refractivity contribution >= 4 is 28.2 Å². The molecule has 2 aromatic heterocycles. The Labute approximate surface area is 191 Å². The first-order chi connectivity index (χ1) is 16.2. The number of para-hydroxylation sites is 3. The van der Waals surface area contributed by atoms with E-state index < -0.39 is 0 Å². The second-order valence-electron chi connectivity index (χ2n) is 7.90. The van der Waals surface area contributed by atoms with Gasteiger partial charge in [0.2, 0.25) is 0 Å². The van der Waals surface area contributed by atoms with Gasteiger partial charge in [-0.25, -0.2) is 0 Å². The van der Waals surface area contributed by atoms with Crippen LogP contribution < -0.4 is 11.1 Å². The molecule has 0 fully saturated rings. The van der Waals surface area contributed by atoms with Gasteiger partial charge >= 0.3 is 0 Å². The summed E-state index contributed by atoms with van der Waals surface area (Å²) in [5.41, 5.74) is 11.9. The van der Waals surface area contributed by atoms with Gasteiger partial charge < -0.3 is 11.1 Å². The van der Waals surface area contributed by atoms with Gasteiger partial charge in [0.1, 0.15) is 0 Å². The summed E-state index contributed by atoms with van der Waals surface area (Å²) in [5.74, 6) is -0.192. The number of amides is 1. The van der Waals surface area contributed by atoms with Crippen molar-refractivity contribution in [3.05, 3.63) is 120 Å². The minimum Gasteiger partial charge on any atom is -0.397 e. The molecule has 0 bridgehead atoms. The highest BCUT2D eigenvalue weighted by molar-refractivity contribution is 6.05. The van der Waals surface area contributed by atoms with Crippen LogP contribution in [0.25, 0.3) is 10.9 Å². The van der Waals surface area contributed by atoms with E-state index >= 15 is 0 Å². The summed E-state index contributed by atoms with van der Waals surface area (Å²) >= 11 is 0. The van der Waals surface area contributed by atoms with Crippen molar-refractivity contribution in [3.63, 3.8) is 0 Å². The predicted molar refractivity (Wildman–Crippen MR) is 131 cm³/mol. The molecule has 6 heteroatoms. The molecule has 0 saturated heterocycles. The van der Waals surface area contributed by atoms with Crippen LogP contribution in [0.5, 0.6) is 0 Å². The van der Waals surface area contributed by atoms with E-state index in [0.29, 0.717) is 23.5 Å². The number of hydrogen-bond donors (Lipinski definition) is 2. The number of nitrogens with two attached hydrogens (primary N) is 1. The molecule has 1 amide bonds. The Morgan fingerprint density at radius 1 is 0.879 bits per heavy atom. The van der Waals surface area contributed by atoms with Crippen LogP contribution in [0.15, 0.2) is 97.3 Å². The Morgan fingerprint density at radius 3 is 2.45 bits per heavy atom. The molecule has 2 heterocycles. The Balaban J connectivity index is 1.36. The Bertz CT molecular complexity index is 1410. The Morgan fingerprint density at radius 2 is 1.67 bits per heavy atom. The van der Waals surface area contributed by atoms with Gasteiger partial charge in [0.05, 0.1) is 29.1 Å². The van der Waals surface area contributed by atoms with Crippen molar-refractivity contribution in [3.8, 4) is 0 Å². The van der Waals surface area contributed by atoms with E-state index in [1.165, 1.54) is 0 Å². The van der Waals surface area contributed by atoms with E-state index in [2.05, 4.69) is 28.5 Å². The molecule has 0 saturated carbocycles. The van der Waals surface area contributed by atoms with E-state index in [0.717, 1.165) is 34.1 Å². The van der Waals surface area contributed by atoms with Crippen LogP contribution in [0, 0.1) is 0 Å². The summed E-state index contributed by atoms with van der Waals surface area (Å²) in [6.07, 6.45) is 4.38. The highest BCUT2D eigenvalue weighted by Gasteiger charge is 2.12. The summed E-state index contributed by atoms with van der Waals surface area (Å²) in [5, 5.41) is 8.90. The zero-order chi connectivity index (χ0) is 22.6. The van der Waals surface area contributed by atoms with Crippen molar-refractivity contribution < 1.29 is 4.79 Å². The van der Waals surface area contributed by atoms with Gasteiger partial charge in [-0.1, -0.05) is 48.5 Å². The topological polar surface area (TPSA) is 85.8 Å². The fourth-order valence-electron chi connectivity index (χ4n) is 3.88. The molecule has 0 aliphatic heterocycles. The van der Waals surface area contributed by atoms with Crippen LogP contribution >= 0.6 is 0 Å². The van der Waals surface area contributed by atoms with Crippen LogP contribution in [-0.4, -0.2) is 20.7 Å². The molecular formula is C27H23N5O. The van der Waals surface area contributed by atoms with E-state index in [9.17, 15) is 4.79 Å². The smallest absolute Gasteiger partial charge is 0.255 e. The molecule has 5 rings (SSSR count). The zero-order valence-corrected chi connectivity index (χ0v) is 18.0.